The number of hydrogen-bond acceptors (Lipinski definition) is 4. The molecule has 0 unspecified atom stereocenters. The Bertz CT molecular complexity index is 1160. The van der Waals surface area contributed by atoms with Crippen LogP contribution in [0.3, 0.4) is 0 Å². The molecule has 0 radical (unpaired) electrons. The van der Waals surface area contributed by atoms with Crippen LogP contribution in [0.5, 0.6) is 11.5 Å². The molecule has 0 saturated carbocycles. The van der Waals surface area contributed by atoms with Crippen molar-refractivity contribution in [2.24, 2.45) is 0 Å². The van der Waals surface area contributed by atoms with E-state index in [0.29, 0.717) is 27.3 Å². The molecule has 3 aromatic carbocycles. The smallest absolute Gasteiger partial charge is 0.281 e. The lowest BCUT2D eigenvalue weighted by Crippen LogP contribution is -2.30. The van der Waals surface area contributed by atoms with Gasteiger partial charge in [0.05, 0.1) is 17.8 Å². The molecule has 0 spiro atoms. The molecule has 1 N–H and O–H groups in total. The molecule has 7 heteroatoms. The Morgan fingerprint density at radius 1 is 1.03 bits per heavy atom. The van der Waals surface area contributed by atoms with Crippen molar-refractivity contribution in [3.63, 3.8) is 0 Å². The van der Waals surface area contributed by atoms with Gasteiger partial charge in [-0.15, -0.1) is 0 Å². The third kappa shape index (κ3) is 4.55. The van der Waals surface area contributed by atoms with Crippen molar-refractivity contribution in [2.45, 2.75) is 6.61 Å². The zero-order chi connectivity index (χ0) is 21.8. The van der Waals surface area contributed by atoms with E-state index in [0.717, 1.165) is 16.8 Å². The molecule has 1 saturated heterocycles. The number of carbonyl (C=O) groups excluding carboxylic acids is 1. The Morgan fingerprint density at radius 3 is 2.52 bits per heavy atom. The Hall–Kier alpha value is -3.35. The van der Waals surface area contributed by atoms with Gasteiger partial charge in [-0.2, -0.15) is 0 Å². The van der Waals surface area contributed by atoms with Crippen molar-refractivity contribution >= 4 is 46.6 Å². The van der Waals surface area contributed by atoms with Crippen LogP contribution < -0.4 is 19.7 Å². The fourth-order valence-electron chi connectivity index (χ4n) is 3.23. The summed E-state index contributed by atoms with van der Waals surface area (Å²) in [5.41, 5.74) is 2.76. The maximum absolute atomic E-state index is 12.9. The van der Waals surface area contributed by atoms with Crippen molar-refractivity contribution in [2.75, 3.05) is 12.0 Å². The molecule has 1 aliphatic heterocycles. The summed E-state index contributed by atoms with van der Waals surface area (Å²) in [5.74, 6) is 1.06. The lowest BCUT2D eigenvalue weighted by atomic mass is 10.1. The summed E-state index contributed by atoms with van der Waals surface area (Å²) in [5, 5.41) is 3.89. The highest BCUT2D eigenvalue weighted by Gasteiger charge is 2.31. The normalized spacial score (nSPS) is 14.6. The Morgan fingerprint density at radius 2 is 1.77 bits per heavy atom. The maximum Gasteiger partial charge on any atom is 0.281 e. The minimum Gasteiger partial charge on any atom is -0.496 e. The van der Waals surface area contributed by atoms with Crippen LogP contribution in [0.15, 0.2) is 78.5 Å². The van der Waals surface area contributed by atoms with Gasteiger partial charge in [-0.05, 0) is 60.3 Å². The maximum atomic E-state index is 12.9. The summed E-state index contributed by atoms with van der Waals surface area (Å²) < 4.78 is 11.3. The van der Waals surface area contributed by atoms with Gasteiger partial charge in [-0.25, -0.2) is 0 Å². The SMILES string of the molecule is COc1ccc(/C=C2/NC(=S)N(c3ccccc3)C2=O)cc1COc1ccccc1Cl. The lowest BCUT2D eigenvalue weighted by Gasteiger charge is -2.13. The highest BCUT2D eigenvalue weighted by Crippen LogP contribution is 2.28. The van der Waals surface area contributed by atoms with Gasteiger partial charge in [0.25, 0.3) is 5.91 Å². The van der Waals surface area contributed by atoms with Gasteiger partial charge in [0.2, 0.25) is 0 Å². The van der Waals surface area contributed by atoms with E-state index in [1.807, 2.05) is 60.7 Å². The molecular weight excluding hydrogens is 432 g/mol. The molecule has 31 heavy (non-hydrogen) atoms. The van der Waals surface area contributed by atoms with Crippen LogP contribution in [0.4, 0.5) is 5.69 Å². The summed E-state index contributed by atoms with van der Waals surface area (Å²) >= 11 is 11.5. The number of anilines is 1. The van der Waals surface area contributed by atoms with E-state index in [1.165, 1.54) is 4.90 Å². The number of amides is 1. The molecule has 4 rings (SSSR count). The Kier molecular flexibility index (Phi) is 6.21. The van der Waals surface area contributed by atoms with Crippen LogP contribution in [0, 0.1) is 0 Å². The first-order chi connectivity index (χ1) is 15.1. The van der Waals surface area contributed by atoms with Crippen molar-refractivity contribution in [3.05, 3.63) is 94.6 Å². The third-order valence-corrected chi connectivity index (χ3v) is 5.32. The number of benzene rings is 3. The van der Waals surface area contributed by atoms with Crippen molar-refractivity contribution in [3.8, 4) is 11.5 Å². The fourth-order valence-corrected chi connectivity index (χ4v) is 3.72. The lowest BCUT2D eigenvalue weighted by molar-refractivity contribution is -0.113. The van der Waals surface area contributed by atoms with Gasteiger partial charge < -0.3 is 14.8 Å². The van der Waals surface area contributed by atoms with Gasteiger partial charge in [-0.3, -0.25) is 9.69 Å². The van der Waals surface area contributed by atoms with Gasteiger partial charge in [0, 0.05) is 5.56 Å². The van der Waals surface area contributed by atoms with Gasteiger partial charge in [-0.1, -0.05) is 48.0 Å². The molecule has 3 aromatic rings. The van der Waals surface area contributed by atoms with Crippen LogP contribution in [0.2, 0.25) is 5.02 Å². The number of rotatable bonds is 6. The monoisotopic (exact) mass is 450 g/mol. The summed E-state index contributed by atoms with van der Waals surface area (Å²) in [4.78, 5) is 14.4. The number of hydrogen-bond donors (Lipinski definition) is 1. The van der Waals surface area contributed by atoms with E-state index in [9.17, 15) is 4.79 Å². The number of methoxy groups -OCH3 is 1. The van der Waals surface area contributed by atoms with Crippen LogP contribution in [-0.4, -0.2) is 18.1 Å². The predicted octanol–water partition coefficient (Wildman–Crippen LogP) is 5.19. The van der Waals surface area contributed by atoms with Gasteiger partial charge >= 0.3 is 0 Å². The van der Waals surface area contributed by atoms with Crippen LogP contribution >= 0.6 is 23.8 Å². The Labute approximate surface area is 190 Å². The van der Waals surface area contributed by atoms with Crippen molar-refractivity contribution in [1.29, 1.82) is 0 Å². The second kappa shape index (κ2) is 9.20. The zero-order valence-electron chi connectivity index (χ0n) is 16.7. The second-order valence-electron chi connectivity index (χ2n) is 6.75. The first kappa shape index (κ1) is 20.9. The van der Waals surface area contributed by atoms with E-state index < -0.39 is 0 Å². The first-order valence-corrected chi connectivity index (χ1v) is 10.3. The number of carbonyl (C=O) groups is 1. The van der Waals surface area contributed by atoms with Gasteiger partial charge in [0.15, 0.2) is 5.11 Å². The van der Waals surface area contributed by atoms with Crippen molar-refractivity contribution in [1.82, 2.24) is 5.32 Å². The van der Waals surface area contributed by atoms with Crippen LogP contribution in [-0.2, 0) is 11.4 Å². The van der Waals surface area contributed by atoms with E-state index >= 15 is 0 Å². The largest absolute Gasteiger partial charge is 0.496 e. The quantitative estimate of drug-likeness (QED) is 0.413. The first-order valence-electron chi connectivity index (χ1n) is 9.53. The third-order valence-electron chi connectivity index (χ3n) is 4.73. The minimum atomic E-state index is -0.208. The predicted molar refractivity (Wildman–Crippen MR) is 126 cm³/mol. The molecule has 1 heterocycles. The van der Waals surface area contributed by atoms with Crippen LogP contribution in [0.1, 0.15) is 11.1 Å². The van der Waals surface area contributed by atoms with E-state index in [4.69, 9.17) is 33.3 Å². The molecule has 1 amide bonds. The van der Waals surface area contributed by atoms with Gasteiger partial charge in [0.1, 0.15) is 23.8 Å². The highest BCUT2D eigenvalue weighted by atomic mass is 35.5. The number of halogens is 1. The number of nitrogens with zero attached hydrogens (tertiary/aromatic N) is 1. The Balaban J connectivity index is 1.58. The molecule has 0 aromatic heterocycles. The number of thiocarbonyl (C=S) groups is 1. The second-order valence-corrected chi connectivity index (χ2v) is 7.55. The van der Waals surface area contributed by atoms with E-state index in [1.54, 1.807) is 25.3 Å². The zero-order valence-corrected chi connectivity index (χ0v) is 18.2. The molecular formula is C24H19ClN2O3S. The number of ether oxygens (including phenoxy) is 2. The molecule has 0 atom stereocenters. The summed E-state index contributed by atoms with van der Waals surface area (Å²) in [6.07, 6.45) is 1.76. The molecule has 1 aliphatic rings. The molecule has 5 nitrogen and oxygen atoms in total. The van der Waals surface area contributed by atoms with E-state index in [2.05, 4.69) is 5.32 Å². The molecule has 156 valence electrons. The molecule has 0 bridgehead atoms. The molecule has 0 aliphatic carbocycles. The highest BCUT2D eigenvalue weighted by molar-refractivity contribution is 7.80. The molecule has 1 fully saturated rings. The number of nitrogens with one attached hydrogen (secondary N) is 1. The topological polar surface area (TPSA) is 50.8 Å². The summed E-state index contributed by atoms with van der Waals surface area (Å²) in [7, 11) is 1.60. The van der Waals surface area contributed by atoms with Crippen LogP contribution in [0.25, 0.3) is 6.08 Å². The average Bonchev–Trinajstić information content (AvgIpc) is 3.06. The van der Waals surface area contributed by atoms with Crippen molar-refractivity contribution < 1.29 is 14.3 Å². The minimum absolute atomic E-state index is 0.208. The fraction of sp³-hybridized carbons (Fsp3) is 0.0833. The average molecular weight is 451 g/mol. The summed E-state index contributed by atoms with van der Waals surface area (Å²) in [6.45, 7) is 0.264. The number of para-hydroxylation sites is 2. The summed E-state index contributed by atoms with van der Waals surface area (Å²) in [6, 6.07) is 22.2. The van der Waals surface area contributed by atoms with E-state index in [-0.39, 0.29) is 12.5 Å². The standard InChI is InChI=1S/C24H19ClN2O3S/c1-29-21-12-11-16(13-17(21)15-30-22-10-6-5-9-19(22)25)14-20-23(28)27(24(31)26-20)18-7-3-2-4-8-18/h2-14H,15H2,1H3,(H,26,31)/b20-14+.